The summed E-state index contributed by atoms with van der Waals surface area (Å²) in [6, 6.07) is 0.189. The van der Waals surface area contributed by atoms with E-state index in [0.717, 1.165) is 19.3 Å². The Morgan fingerprint density at radius 1 is 1.31 bits per heavy atom. The fourth-order valence-corrected chi connectivity index (χ4v) is 4.24. The highest BCUT2D eigenvalue weighted by atomic mass is 35.5. The largest absolute Gasteiger partial charge is 0.214 e. The maximum atomic E-state index is 12.0. The predicted molar refractivity (Wildman–Crippen MR) is 68.3 cm³/mol. The number of alkyl halides is 1. The van der Waals surface area contributed by atoms with Crippen LogP contribution in [0.1, 0.15) is 39.0 Å². The molecule has 5 heteroatoms. The van der Waals surface area contributed by atoms with Crippen molar-refractivity contribution in [3.8, 4) is 0 Å². The summed E-state index contributed by atoms with van der Waals surface area (Å²) in [5.41, 5.74) is 0. The van der Waals surface area contributed by atoms with Gasteiger partial charge in [0, 0.05) is 19.0 Å². The third-order valence-electron chi connectivity index (χ3n) is 3.51. The molecule has 3 nitrogen and oxygen atoms in total. The lowest BCUT2D eigenvalue weighted by Crippen LogP contribution is -2.43. The van der Waals surface area contributed by atoms with E-state index in [1.807, 2.05) is 0 Å². The monoisotopic (exact) mass is 267 g/mol. The van der Waals surface area contributed by atoms with Crippen LogP contribution in [0, 0.1) is 5.92 Å². The van der Waals surface area contributed by atoms with E-state index < -0.39 is 10.0 Å². The van der Waals surface area contributed by atoms with Crippen LogP contribution in [-0.4, -0.2) is 37.4 Å². The molecule has 0 bridgehead atoms. The number of nitrogens with zero attached hydrogens (tertiary/aromatic N) is 1. The Balaban J connectivity index is 2.64. The molecule has 1 rings (SSSR count). The van der Waals surface area contributed by atoms with Gasteiger partial charge in [-0.15, -0.1) is 11.6 Å². The van der Waals surface area contributed by atoms with Crippen LogP contribution < -0.4 is 0 Å². The van der Waals surface area contributed by atoms with Gasteiger partial charge in [0.25, 0.3) is 0 Å². The normalized spacial score (nSPS) is 27.2. The van der Waals surface area contributed by atoms with Crippen molar-refractivity contribution in [2.45, 2.75) is 45.1 Å². The Labute approximate surface area is 104 Å². The van der Waals surface area contributed by atoms with Crippen molar-refractivity contribution in [3.63, 3.8) is 0 Å². The Kier molecular flexibility index (Phi) is 5.54. The molecule has 0 aromatic rings. The van der Waals surface area contributed by atoms with Crippen LogP contribution in [0.25, 0.3) is 0 Å². The van der Waals surface area contributed by atoms with Gasteiger partial charge in [-0.3, -0.25) is 0 Å². The molecule has 0 radical (unpaired) electrons. The maximum Gasteiger partial charge on any atom is 0.214 e. The van der Waals surface area contributed by atoms with Gasteiger partial charge < -0.3 is 0 Å². The molecule has 2 unspecified atom stereocenters. The molecule has 0 amide bonds. The quantitative estimate of drug-likeness (QED) is 0.718. The Morgan fingerprint density at radius 3 is 2.50 bits per heavy atom. The van der Waals surface area contributed by atoms with Gasteiger partial charge in [0.15, 0.2) is 0 Å². The third-order valence-corrected chi connectivity index (χ3v) is 5.73. The molecule has 96 valence electrons. The van der Waals surface area contributed by atoms with Crippen LogP contribution in [-0.2, 0) is 10.0 Å². The van der Waals surface area contributed by atoms with Crippen LogP contribution in [0.15, 0.2) is 0 Å². The van der Waals surface area contributed by atoms with Crippen molar-refractivity contribution in [3.05, 3.63) is 0 Å². The second kappa shape index (κ2) is 6.22. The van der Waals surface area contributed by atoms with E-state index in [9.17, 15) is 8.42 Å². The number of hydrogen-bond acceptors (Lipinski definition) is 2. The van der Waals surface area contributed by atoms with E-state index >= 15 is 0 Å². The van der Waals surface area contributed by atoms with Gasteiger partial charge in [0.05, 0.1) is 5.75 Å². The second-order valence-electron chi connectivity index (χ2n) is 4.70. The summed E-state index contributed by atoms with van der Waals surface area (Å²) in [5.74, 6) is 1.06. The zero-order chi connectivity index (χ0) is 12.2. The van der Waals surface area contributed by atoms with Gasteiger partial charge >= 0.3 is 0 Å². The van der Waals surface area contributed by atoms with Gasteiger partial charge in [-0.25, -0.2) is 12.7 Å². The zero-order valence-corrected chi connectivity index (χ0v) is 11.7. The molecule has 1 aliphatic carbocycles. The SMILES string of the molecule is CC1CCCCC1N(C)S(=O)(=O)CCCCl. The molecule has 0 aliphatic heterocycles. The van der Waals surface area contributed by atoms with Gasteiger partial charge in [0.1, 0.15) is 0 Å². The summed E-state index contributed by atoms with van der Waals surface area (Å²) in [6.45, 7) is 2.15. The molecule has 0 spiro atoms. The van der Waals surface area contributed by atoms with Crippen LogP contribution in [0.4, 0.5) is 0 Å². The molecule has 16 heavy (non-hydrogen) atoms. The van der Waals surface area contributed by atoms with Crippen LogP contribution in [0.5, 0.6) is 0 Å². The summed E-state index contributed by atoms with van der Waals surface area (Å²) >= 11 is 5.54. The third kappa shape index (κ3) is 3.60. The molecule has 2 atom stereocenters. The summed E-state index contributed by atoms with van der Waals surface area (Å²) in [6.07, 6.45) is 5.05. The lowest BCUT2D eigenvalue weighted by molar-refractivity contribution is 0.213. The van der Waals surface area contributed by atoms with Gasteiger partial charge in [-0.1, -0.05) is 19.8 Å². The first-order valence-corrected chi connectivity index (χ1v) is 8.15. The van der Waals surface area contributed by atoms with Crippen LogP contribution >= 0.6 is 11.6 Å². The van der Waals surface area contributed by atoms with Gasteiger partial charge in [-0.2, -0.15) is 0 Å². The minimum atomic E-state index is -3.11. The van der Waals surface area contributed by atoms with E-state index in [1.54, 1.807) is 11.4 Å². The maximum absolute atomic E-state index is 12.0. The van der Waals surface area contributed by atoms with E-state index in [0.29, 0.717) is 18.2 Å². The topological polar surface area (TPSA) is 37.4 Å². The highest BCUT2D eigenvalue weighted by molar-refractivity contribution is 7.89. The molecule has 1 saturated carbocycles. The molecule has 0 saturated heterocycles. The number of hydrogen-bond donors (Lipinski definition) is 0. The number of rotatable bonds is 5. The number of halogens is 1. The summed E-state index contributed by atoms with van der Waals surface area (Å²) in [7, 11) is -1.39. The smallest absolute Gasteiger partial charge is 0.212 e. The fraction of sp³-hybridized carbons (Fsp3) is 1.00. The molecular formula is C11H22ClNO2S. The van der Waals surface area contributed by atoms with Crippen molar-refractivity contribution >= 4 is 21.6 Å². The Hall–Kier alpha value is 0.200. The average Bonchev–Trinajstić information content (AvgIpc) is 2.26. The Bertz CT molecular complexity index is 305. The molecule has 0 aromatic heterocycles. The highest BCUT2D eigenvalue weighted by Gasteiger charge is 2.31. The minimum absolute atomic E-state index is 0.177. The van der Waals surface area contributed by atoms with Crippen molar-refractivity contribution in [1.29, 1.82) is 0 Å². The van der Waals surface area contributed by atoms with E-state index in [2.05, 4.69) is 6.92 Å². The lowest BCUT2D eigenvalue weighted by atomic mass is 9.86. The highest BCUT2D eigenvalue weighted by Crippen LogP contribution is 2.28. The standard InChI is InChI=1S/C11H22ClNO2S/c1-10-6-3-4-7-11(10)13(2)16(14,15)9-5-8-12/h10-11H,3-9H2,1-2H3. The zero-order valence-electron chi connectivity index (χ0n) is 10.2. The van der Waals surface area contributed by atoms with Crippen molar-refractivity contribution in [2.75, 3.05) is 18.7 Å². The number of sulfonamides is 1. The summed E-state index contributed by atoms with van der Waals surface area (Å²) in [4.78, 5) is 0. The van der Waals surface area contributed by atoms with Gasteiger partial charge in [-0.05, 0) is 25.2 Å². The van der Waals surface area contributed by atoms with E-state index in [4.69, 9.17) is 11.6 Å². The molecule has 0 heterocycles. The fourth-order valence-electron chi connectivity index (χ4n) is 2.42. The molecular weight excluding hydrogens is 246 g/mol. The first-order chi connectivity index (χ1) is 7.49. The van der Waals surface area contributed by atoms with Crippen LogP contribution in [0.3, 0.4) is 0 Å². The summed E-state index contributed by atoms with van der Waals surface area (Å²) in [5, 5.41) is 0. The van der Waals surface area contributed by atoms with Crippen molar-refractivity contribution in [2.24, 2.45) is 5.92 Å². The van der Waals surface area contributed by atoms with Gasteiger partial charge in [0.2, 0.25) is 10.0 Å². The molecule has 0 aromatic carbocycles. The first kappa shape index (κ1) is 14.3. The molecule has 1 aliphatic rings. The summed E-state index contributed by atoms with van der Waals surface area (Å²) < 4.78 is 25.6. The van der Waals surface area contributed by atoms with Crippen molar-refractivity contribution < 1.29 is 8.42 Å². The second-order valence-corrected chi connectivity index (χ2v) is 7.23. The van der Waals surface area contributed by atoms with E-state index in [-0.39, 0.29) is 11.8 Å². The minimum Gasteiger partial charge on any atom is -0.212 e. The first-order valence-electron chi connectivity index (χ1n) is 6.00. The van der Waals surface area contributed by atoms with Crippen molar-refractivity contribution in [1.82, 2.24) is 4.31 Å². The lowest BCUT2D eigenvalue weighted by Gasteiger charge is -2.35. The average molecular weight is 268 g/mol. The Morgan fingerprint density at radius 2 is 1.94 bits per heavy atom. The van der Waals surface area contributed by atoms with E-state index in [1.165, 1.54) is 6.42 Å². The molecule has 0 N–H and O–H groups in total. The predicted octanol–water partition coefficient (Wildman–Crippen LogP) is 2.46. The molecule has 1 fully saturated rings. The van der Waals surface area contributed by atoms with Crippen LogP contribution in [0.2, 0.25) is 0 Å².